The summed E-state index contributed by atoms with van der Waals surface area (Å²) in [5.41, 5.74) is 2.07. The summed E-state index contributed by atoms with van der Waals surface area (Å²) in [5.74, 6) is 1.04. The maximum absolute atomic E-state index is 12.6. The van der Waals surface area contributed by atoms with Gasteiger partial charge in [0.05, 0.1) is 21.3 Å². The highest BCUT2D eigenvalue weighted by Gasteiger charge is 2.17. The Kier molecular flexibility index (Phi) is 7.26. The number of ether oxygens (including phenoxy) is 3. The molecular formula is C21H26N2O5. The molecule has 1 N–H and O–H groups in total. The van der Waals surface area contributed by atoms with E-state index in [1.165, 1.54) is 21.3 Å². The molecule has 0 heterocycles. The first-order valence-electron chi connectivity index (χ1n) is 8.80. The molecule has 0 atom stereocenters. The topological polar surface area (TPSA) is 77.1 Å². The Hall–Kier alpha value is -3.22. The molecule has 7 nitrogen and oxygen atoms in total. The SMILES string of the molecule is COc1cc(C(=O)Nc2ccc(CCC(=O)N(C)C)cc2)cc(OC)c1OC. The molecular weight excluding hydrogens is 360 g/mol. The zero-order chi connectivity index (χ0) is 20.7. The van der Waals surface area contributed by atoms with Crippen molar-refractivity contribution in [2.45, 2.75) is 12.8 Å². The molecule has 0 radical (unpaired) electrons. The average Bonchev–Trinajstić information content (AvgIpc) is 2.71. The van der Waals surface area contributed by atoms with Crippen LogP contribution in [-0.2, 0) is 11.2 Å². The summed E-state index contributed by atoms with van der Waals surface area (Å²) in [6, 6.07) is 10.6. The van der Waals surface area contributed by atoms with Crippen molar-refractivity contribution in [1.82, 2.24) is 4.90 Å². The molecule has 0 fully saturated rings. The molecule has 0 saturated carbocycles. The molecule has 0 aliphatic carbocycles. The van der Waals surface area contributed by atoms with Gasteiger partial charge in [0, 0.05) is 31.8 Å². The maximum atomic E-state index is 12.6. The zero-order valence-corrected chi connectivity index (χ0v) is 16.9. The molecule has 0 aromatic heterocycles. The zero-order valence-electron chi connectivity index (χ0n) is 16.9. The standard InChI is InChI=1S/C21H26N2O5/c1-23(2)19(24)11-8-14-6-9-16(10-7-14)22-21(25)15-12-17(26-3)20(28-5)18(13-15)27-4/h6-7,9-10,12-13H,8,11H2,1-5H3,(H,22,25). The van der Waals surface area contributed by atoms with Crippen molar-refractivity contribution in [2.24, 2.45) is 0 Å². The summed E-state index contributed by atoms with van der Waals surface area (Å²) in [5, 5.41) is 2.84. The van der Waals surface area contributed by atoms with Crippen molar-refractivity contribution < 1.29 is 23.8 Å². The van der Waals surface area contributed by atoms with Crippen LogP contribution in [0.4, 0.5) is 5.69 Å². The van der Waals surface area contributed by atoms with Crippen molar-refractivity contribution >= 4 is 17.5 Å². The number of nitrogens with one attached hydrogen (secondary N) is 1. The van der Waals surface area contributed by atoms with E-state index >= 15 is 0 Å². The Morgan fingerprint density at radius 2 is 1.50 bits per heavy atom. The summed E-state index contributed by atoms with van der Waals surface area (Å²) < 4.78 is 15.8. The highest BCUT2D eigenvalue weighted by molar-refractivity contribution is 6.05. The first-order valence-corrected chi connectivity index (χ1v) is 8.80. The molecule has 0 aliphatic heterocycles. The van der Waals surface area contributed by atoms with Crippen LogP contribution in [0.3, 0.4) is 0 Å². The first-order chi connectivity index (χ1) is 13.4. The molecule has 0 unspecified atom stereocenters. The Morgan fingerprint density at radius 1 is 0.929 bits per heavy atom. The van der Waals surface area contributed by atoms with E-state index in [0.717, 1.165) is 5.56 Å². The van der Waals surface area contributed by atoms with Crippen LogP contribution in [0.1, 0.15) is 22.3 Å². The van der Waals surface area contributed by atoms with Gasteiger partial charge in [-0.1, -0.05) is 12.1 Å². The van der Waals surface area contributed by atoms with Gasteiger partial charge in [0.1, 0.15) is 0 Å². The smallest absolute Gasteiger partial charge is 0.255 e. The Labute approximate surface area is 165 Å². The molecule has 2 aromatic rings. The fourth-order valence-electron chi connectivity index (χ4n) is 2.65. The van der Waals surface area contributed by atoms with Gasteiger partial charge in [0.25, 0.3) is 5.91 Å². The van der Waals surface area contributed by atoms with Gasteiger partial charge in [-0.3, -0.25) is 9.59 Å². The Bertz CT molecular complexity index is 806. The highest BCUT2D eigenvalue weighted by Crippen LogP contribution is 2.38. The predicted molar refractivity (Wildman–Crippen MR) is 108 cm³/mol. The molecule has 7 heteroatoms. The van der Waals surface area contributed by atoms with Gasteiger partial charge >= 0.3 is 0 Å². The summed E-state index contributed by atoms with van der Waals surface area (Å²) in [6.07, 6.45) is 1.10. The monoisotopic (exact) mass is 386 g/mol. The summed E-state index contributed by atoms with van der Waals surface area (Å²) in [7, 11) is 7.99. The third-order valence-electron chi connectivity index (χ3n) is 4.27. The quantitative estimate of drug-likeness (QED) is 0.755. The van der Waals surface area contributed by atoms with Crippen LogP contribution in [0.25, 0.3) is 0 Å². The number of methoxy groups -OCH3 is 3. The Morgan fingerprint density at radius 3 is 1.96 bits per heavy atom. The number of benzene rings is 2. The first kappa shape index (κ1) is 21.1. The molecule has 150 valence electrons. The number of carbonyl (C=O) groups is 2. The second-order valence-corrected chi connectivity index (χ2v) is 6.35. The fraction of sp³-hybridized carbons (Fsp3) is 0.333. The van der Waals surface area contributed by atoms with Gasteiger partial charge in [-0.05, 0) is 36.2 Å². The van der Waals surface area contributed by atoms with Crippen LogP contribution < -0.4 is 19.5 Å². The van der Waals surface area contributed by atoms with Crippen molar-refractivity contribution in [3.05, 3.63) is 47.5 Å². The lowest BCUT2D eigenvalue weighted by Gasteiger charge is -2.14. The average molecular weight is 386 g/mol. The Balaban J connectivity index is 2.09. The minimum atomic E-state index is -0.296. The van der Waals surface area contributed by atoms with E-state index in [4.69, 9.17) is 14.2 Å². The van der Waals surface area contributed by atoms with Crippen LogP contribution in [0.2, 0.25) is 0 Å². The number of nitrogens with zero attached hydrogens (tertiary/aromatic N) is 1. The van der Waals surface area contributed by atoms with Gasteiger partial charge in [-0.15, -0.1) is 0 Å². The molecule has 2 amide bonds. The highest BCUT2D eigenvalue weighted by atomic mass is 16.5. The fourth-order valence-corrected chi connectivity index (χ4v) is 2.65. The lowest BCUT2D eigenvalue weighted by atomic mass is 10.1. The number of hydrogen-bond donors (Lipinski definition) is 1. The third-order valence-corrected chi connectivity index (χ3v) is 4.27. The molecule has 2 aromatic carbocycles. The molecule has 28 heavy (non-hydrogen) atoms. The van der Waals surface area contributed by atoms with Crippen molar-refractivity contribution in [2.75, 3.05) is 40.7 Å². The number of hydrogen-bond acceptors (Lipinski definition) is 5. The number of aryl methyl sites for hydroxylation is 1. The van der Waals surface area contributed by atoms with Gasteiger partial charge < -0.3 is 24.4 Å². The van der Waals surface area contributed by atoms with E-state index in [0.29, 0.717) is 41.3 Å². The van der Waals surface area contributed by atoms with Gasteiger partial charge in [0.2, 0.25) is 11.7 Å². The second-order valence-electron chi connectivity index (χ2n) is 6.35. The number of amides is 2. The van der Waals surface area contributed by atoms with E-state index in [9.17, 15) is 9.59 Å². The van der Waals surface area contributed by atoms with E-state index in [1.807, 2.05) is 24.3 Å². The summed E-state index contributed by atoms with van der Waals surface area (Å²) in [6.45, 7) is 0. The van der Waals surface area contributed by atoms with E-state index in [2.05, 4.69) is 5.32 Å². The number of carbonyl (C=O) groups excluding carboxylic acids is 2. The molecule has 0 bridgehead atoms. The summed E-state index contributed by atoms with van der Waals surface area (Å²) >= 11 is 0. The van der Waals surface area contributed by atoms with Crippen LogP contribution in [-0.4, -0.2) is 52.1 Å². The van der Waals surface area contributed by atoms with E-state index in [-0.39, 0.29) is 11.8 Å². The molecule has 0 saturated heterocycles. The van der Waals surface area contributed by atoms with Crippen LogP contribution in [0.5, 0.6) is 17.2 Å². The van der Waals surface area contributed by atoms with Crippen molar-refractivity contribution in [3.8, 4) is 17.2 Å². The molecule has 2 rings (SSSR count). The van der Waals surface area contributed by atoms with E-state index in [1.54, 1.807) is 31.1 Å². The maximum Gasteiger partial charge on any atom is 0.255 e. The molecule has 0 aliphatic rings. The van der Waals surface area contributed by atoms with Crippen LogP contribution >= 0.6 is 0 Å². The summed E-state index contributed by atoms with van der Waals surface area (Å²) in [4.78, 5) is 25.9. The van der Waals surface area contributed by atoms with Gasteiger partial charge in [-0.25, -0.2) is 0 Å². The largest absolute Gasteiger partial charge is 0.493 e. The lowest BCUT2D eigenvalue weighted by Crippen LogP contribution is -2.21. The third kappa shape index (κ3) is 5.16. The van der Waals surface area contributed by atoms with Gasteiger partial charge in [-0.2, -0.15) is 0 Å². The second kappa shape index (κ2) is 9.64. The predicted octanol–water partition coefficient (Wildman–Crippen LogP) is 2.99. The normalized spacial score (nSPS) is 10.2. The van der Waals surface area contributed by atoms with Crippen molar-refractivity contribution in [1.29, 1.82) is 0 Å². The van der Waals surface area contributed by atoms with Crippen LogP contribution in [0.15, 0.2) is 36.4 Å². The van der Waals surface area contributed by atoms with Crippen molar-refractivity contribution in [3.63, 3.8) is 0 Å². The number of rotatable bonds is 8. The van der Waals surface area contributed by atoms with Crippen LogP contribution in [0, 0.1) is 0 Å². The number of anilines is 1. The van der Waals surface area contributed by atoms with E-state index < -0.39 is 0 Å². The lowest BCUT2D eigenvalue weighted by molar-refractivity contribution is -0.128. The minimum absolute atomic E-state index is 0.0831. The van der Waals surface area contributed by atoms with Gasteiger partial charge in [0.15, 0.2) is 11.5 Å². The molecule has 0 spiro atoms. The minimum Gasteiger partial charge on any atom is -0.493 e.